The Morgan fingerprint density at radius 1 is 1.08 bits per heavy atom. The second-order valence-electron chi connectivity index (χ2n) is 5.03. The lowest BCUT2D eigenvalue weighted by Crippen LogP contribution is -2.09. The van der Waals surface area contributed by atoms with Gasteiger partial charge in [-0.1, -0.05) is 0 Å². The number of hydrogen-bond donors (Lipinski definition) is 1. The molecular weight excluding hydrogens is 342 g/mol. The highest BCUT2D eigenvalue weighted by atomic mass is 19.4. The number of carboxylic acid groups (broad SMARTS) is 1. The second kappa shape index (κ2) is 6.00. The molecule has 2 aromatic heterocycles. The number of carboxylic acids is 1. The van der Waals surface area contributed by atoms with Gasteiger partial charge in [-0.2, -0.15) is 18.3 Å². The summed E-state index contributed by atoms with van der Waals surface area (Å²) in [4.78, 5) is 15.0. The van der Waals surface area contributed by atoms with Gasteiger partial charge in [0.1, 0.15) is 5.82 Å². The van der Waals surface area contributed by atoms with E-state index in [0.717, 1.165) is 10.7 Å². The molecule has 0 aliphatic carbocycles. The van der Waals surface area contributed by atoms with Crippen molar-refractivity contribution in [2.24, 2.45) is 0 Å². The largest absolute Gasteiger partial charge is 0.476 e. The van der Waals surface area contributed by atoms with Crippen molar-refractivity contribution in [3.63, 3.8) is 0 Å². The molecule has 0 spiro atoms. The van der Waals surface area contributed by atoms with Gasteiger partial charge < -0.3 is 5.11 Å². The lowest BCUT2D eigenvalue weighted by Gasteiger charge is -2.11. The zero-order valence-electron chi connectivity index (χ0n) is 12.3. The average molecular weight is 351 g/mol. The number of rotatable bonds is 3. The Hall–Kier alpha value is -3.23. The van der Waals surface area contributed by atoms with Crippen molar-refractivity contribution in [1.82, 2.24) is 14.8 Å². The monoisotopic (exact) mass is 351 g/mol. The molecular formula is C16H9F4N3O2. The Bertz CT molecular complexity index is 936. The molecule has 0 atom stereocenters. The Balaban J connectivity index is 2.17. The molecule has 0 radical (unpaired) electrons. The predicted octanol–water partition coefficient (Wildman–Crippen LogP) is 3.79. The van der Waals surface area contributed by atoms with Gasteiger partial charge in [-0.25, -0.2) is 13.9 Å². The van der Waals surface area contributed by atoms with E-state index >= 15 is 0 Å². The predicted molar refractivity (Wildman–Crippen MR) is 78.7 cm³/mol. The van der Waals surface area contributed by atoms with Crippen LogP contribution in [0.25, 0.3) is 16.9 Å². The van der Waals surface area contributed by atoms with Crippen LogP contribution in [0.4, 0.5) is 17.6 Å². The number of benzene rings is 1. The lowest BCUT2D eigenvalue weighted by molar-refractivity contribution is -0.140. The molecule has 25 heavy (non-hydrogen) atoms. The number of hydrogen-bond acceptors (Lipinski definition) is 3. The number of nitrogens with zero attached hydrogens (tertiary/aromatic N) is 3. The number of carbonyl (C=O) groups is 1. The van der Waals surface area contributed by atoms with Gasteiger partial charge >= 0.3 is 12.1 Å². The van der Waals surface area contributed by atoms with Crippen LogP contribution in [0.15, 0.2) is 48.8 Å². The highest BCUT2D eigenvalue weighted by Crippen LogP contribution is 2.33. The van der Waals surface area contributed by atoms with Crippen LogP contribution in [0.2, 0.25) is 0 Å². The fourth-order valence-corrected chi connectivity index (χ4v) is 2.28. The summed E-state index contributed by atoms with van der Waals surface area (Å²) in [7, 11) is 0. The number of aromatic nitrogens is 3. The molecule has 3 rings (SSSR count). The lowest BCUT2D eigenvalue weighted by atomic mass is 10.1. The van der Waals surface area contributed by atoms with E-state index in [-0.39, 0.29) is 17.1 Å². The maximum Gasteiger partial charge on any atom is 0.419 e. The third-order valence-corrected chi connectivity index (χ3v) is 3.41. The van der Waals surface area contributed by atoms with Gasteiger partial charge in [0.25, 0.3) is 0 Å². The third-order valence-electron chi connectivity index (χ3n) is 3.41. The highest BCUT2D eigenvalue weighted by molar-refractivity contribution is 5.87. The van der Waals surface area contributed by atoms with E-state index < -0.39 is 23.5 Å². The second-order valence-corrected chi connectivity index (χ2v) is 5.03. The SMILES string of the molecule is O=C(O)c1cc(-c2ccncc2)n(-c2ccc(C(F)(F)F)c(F)c2)n1. The van der Waals surface area contributed by atoms with Crippen LogP contribution < -0.4 is 0 Å². The Morgan fingerprint density at radius 2 is 1.76 bits per heavy atom. The number of halogens is 4. The molecule has 0 aliphatic heterocycles. The molecule has 0 amide bonds. The molecule has 0 unspecified atom stereocenters. The molecule has 0 saturated heterocycles. The van der Waals surface area contributed by atoms with Gasteiger partial charge in [0.05, 0.1) is 16.9 Å². The summed E-state index contributed by atoms with van der Waals surface area (Å²) in [5.41, 5.74) is -0.974. The van der Waals surface area contributed by atoms with Crippen molar-refractivity contribution in [3.8, 4) is 16.9 Å². The highest BCUT2D eigenvalue weighted by Gasteiger charge is 2.34. The summed E-state index contributed by atoms with van der Waals surface area (Å²) in [6, 6.07) is 6.65. The third kappa shape index (κ3) is 3.21. The van der Waals surface area contributed by atoms with Crippen molar-refractivity contribution in [2.75, 3.05) is 0 Å². The van der Waals surface area contributed by atoms with E-state index in [0.29, 0.717) is 17.7 Å². The minimum Gasteiger partial charge on any atom is -0.476 e. The van der Waals surface area contributed by atoms with Gasteiger partial charge in [-0.15, -0.1) is 0 Å². The molecule has 0 bridgehead atoms. The van der Waals surface area contributed by atoms with E-state index in [1.165, 1.54) is 18.5 Å². The molecule has 9 heteroatoms. The van der Waals surface area contributed by atoms with Crippen molar-refractivity contribution in [3.05, 3.63) is 65.9 Å². The smallest absolute Gasteiger partial charge is 0.419 e. The summed E-state index contributed by atoms with van der Waals surface area (Å²) >= 11 is 0. The van der Waals surface area contributed by atoms with Crippen LogP contribution in [-0.4, -0.2) is 25.8 Å². The van der Waals surface area contributed by atoms with E-state index in [2.05, 4.69) is 10.1 Å². The molecule has 5 nitrogen and oxygen atoms in total. The minimum atomic E-state index is -4.83. The molecule has 0 saturated carbocycles. The van der Waals surface area contributed by atoms with Gasteiger partial charge in [0.2, 0.25) is 0 Å². The van der Waals surface area contributed by atoms with Crippen molar-refractivity contribution >= 4 is 5.97 Å². The first kappa shape index (κ1) is 16.6. The number of pyridine rings is 1. The molecule has 3 aromatic rings. The van der Waals surface area contributed by atoms with Crippen LogP contribution in [0.3, 0.4) is 0 Å². The molecule has 128 valence electrons. The van der Waals surface area contributed by atoms with Crippen LogP contribution >= 0.6 is 0 Å². The Kier molecular flexibility index (Phi) is 3.99. The van der Waals surface area contributed by atoms with Crippen LogP contribution in [0.1, 0.15) is 16.1 Å². The zero-order valence-corrected chi connectivity index (χ0v) is 12.3. The fourth-order valence-electron chi connectivity index (χ4n) is 2.28. The first-order valence-electron chi connectivity index (χ1n) is 6.88. The van der Waals surface area contributed by atoms with Gasteiger partial charge in [0.15, 0.2) is 5.69 Å². The molecule has 1 N–H and O–H groups in total. The summed E-state index contributed by atoms with van der Waals surface area (Å²) in [5, 5.41) is 12.9. The van der Waals surface area contributed by atoms with Crippen molar-refractivity contribution in [2.45, 2.75) is 6.18 Å². The van der Waals surface area contributed by atoms with E-state index in [4.69, 9.17) is 5.11 Å². The van der Waals surface area contributed by atoms with Crippen molar-refractivity contribution < 1.29 is 27.5 Å². The number of alkyl halides is 3. The van der Waals surface area contributed by atoms with Gasteiger partial charge in [-0.3, -0.25) is 4.98 Å². The van der Waals surface area contributed by atoms with Gasteiger partial charge in [0, 0.05) is 24.0 Å². The Morgan fingerprint density at radius 3 is 2.32 bits per heavy atom. The zero-order chi connectivity index (χ0) is 18.2. The molecule has 2 heterocycles. The van der Waals surface area contributed by atoms with E-state index in [1.807, 2.05) is 0 Å². The Labute approximate surface area is 138 Å². The van der Waals surface area contributed by atoms with Gasteiger partial charge in [-0.05, 0) is 30.3 Å². The first-order valence-corrected chi connectivity index (χ1v) is 6.88. The minimum absolute atomic E-state index is 0.0372. The topological polar surface area (TPSA) is 68.0 Å². The normalized spacial score (nSPS) is 11.5. The fraction of sp³-hybridized carbons (Fsp3) is 0.0625. The van der Waals surface area contributed by atoms with Crippen molar-refractivity contribution in [1.29, 1.82) is 0 Å². The van der Waals surface area contributed by atoms with Crippen LogP contribution in [0.5, 0.6) is 0 Å². The number of aromatic carboxylic acids is 1. The maximum atomic E-state index is 13.8. The quantitative estimate of drug-likeness (QED) is 0.729. The summed E-state index contributed by atoms with van der Waals surface area (Å²) in [6.07, 6.45) is -1.91. The first-order chi connectivity index (χ1) is 11.8. The van der Waals surface area contributed by atoms with E-state index in [1.54, 1.807) is 12.1 Å². The average Bonchev–Trinajstić information content (AvgIpc) is 3.00. The maximum absolute atomic E-state index is 13.8. The summed E-state index contributed by atoms with van der Waals surface area (Å²) in [5.74, 6) is -2.79. The standard InChI is InChI=1S/C16H9F4N3O2/c17-12-7-10(1-2-11(12)16(18,19)20)23-14(8-13(22-23)15(24)25)9-3-5-21-6-4-9/h1-8H,(H,24,25). The summed E-state index contributed by atoms with van der Waals surface area (Å²) < 4.78 is 53.0. The molecule has 1 aromatic carbocycles. The van der Waals surface area contributed by atoms with E-state index in [9.17, 15) is 22.4 Å². The molecule has 0 aliphatic rings. The molecule has 0 fully saturated rings. The summed E-state index contributed by atoms with van der Waals surface area (Å²) in [6.45, 7) is 0. The van der Waals surface area contributed by atoms with Crippen LogP contribution in [0, 0.1) is 5.82 Å². The van der Waals surface area contributed by atoms with Crippen LogP contribution in [-0.2, 0) is 6.18 Å².